The lowest BCUT2D eigenvalue weighted by molar-refractivity contribution is -0.914. The summed E-state index contributed by atoms with van der Waals surface area (Å²) in [6.45, 7) is 7.00. The molecule has 0 fully saturated rings. The number of unbranched alkanes of at least 4 members (excludes halogenated alkanes) is 2. The predicted octanol–water partition coefficient (Wildman–Crippen LogP) is 3.85. The van der Waals surface area contributed by atoms with Crippen molar-refractivity contribution in [3.63, 3.8) is 0 Å². The van der Waals surface area contributed by atoms with Gasteiger partial charge in [0.05, 0.1) is 18.7 Å². The molecule has 32 heavy (non-hydrogen) atoms. The van der Waals surface area contributed by atoms with Gasteiger partial charge < -0.3 is 19.3 Å². The molecule has 0 unspecified atom stereocenters. The third-order valence-corrected chi connectivity index (χ3v) is 6.31. The zero-order chi connectivity index (χ0) is 22.7. The number of para-hydroxylation sites is 1. The Kier molecular flexibility index (Phi) is 6.66. The predicted molar refractivity (Wildman–Crippen MR) is 126 cm³/mol. The summed E-state index contributed by atoms with van der Waals surface area (Å²) in [7, 11) is 1.99. The highest BCUT2D eigenvalue weighted by Gasteiger charge is 2.31. The van der Waals surface area contributed by atoms with E-state index in [2.05, 4.69) is 19.9 Å². The minimum Gasteiger partial charge on any atom is -0.872 e. The minimum atomic E-state index is -0.155. The number of aryl methyl sites for hydroxylation is 1. The molecule has 0 amide bonds. The van der Waals surface area contributed by atoms with Crippen LogP contribution >= 0.6 is 0 Å². The molecule has 2 heterocycles. The molecule has 0 radical (unpaired) electrons. The molecule has 168 valence electrons. The number of ether oxygens (including phenoxy) is 1. The number of hydrogen-bond acceptors (Lipinski definition) is 3. The van der Waals surface area contributed by atoms with E-state index in [1.54, 1.807) is 12.1 Å². The Morgan fingerprint density at radius 1 is 1.06 bits per heavy atom. The smallest absolute Gasteiger partial charge is 0.231 e. The van der Waals surface area contributed by atoms with Crippen LogP contribution in [0.4, 0.5) is 0 Å². The number of carbonyl (C=O) groups is 1. The normalized spacial score (nSPS) is 14.5. The van der Waals surface area contributed by atoms with E-state index in [4.69, 9.17) is 4.74 Å². The first-order valence-corrected chi connectivity index (χ1v) is 11.7. The van der Waals surface area contributed by atoms with Gasteiger partial charge >= 0.3 is 0 Å². The van der Waals surface area contributed by atoms with Crippen LogP contribution in [0, 0.1) is 0 Å². The standard InChI is InChI=1S/C27H32N2O3/c1-4-6-14-29(15-7-5-2)18-22-24(30)13-12-21-26(31)25(32-27(21)22)16-19-17-28(3)23-11-9-8-10-20(19)23/h8-13,16-17,30H,4-7,14-15,18H2,1-3H3/b25-16-. The van der Waals surface area contributed by atoms with Gasteiger partial charge in [-0.15, -0.1) is 0 Å². The molecule has 1 aliphatic heterocycles. The van der Waals surface area contributed by atoms with E-state index in [0.717, 1.165) is 55.2 Å². The zero-order valence-electron chi connectivity index (χ0n) is 19.2. The number of nitrogens with one attached hydrogen (secondary N) is 1. The van der Waals surface area contributed by atoms with Gasteiger partial charge in [-0.25, -0.2) is 0 Å². The second-order valence-corrected chi connectivity index (χ2v) is 8.71. The molecule has 3 aromatic rings. The summed E-state index contributed by atoms with van der Waals surface area (Å²) in [6.07, 6.45) is 8.29. The Hall–Kier alpha value is -3.05. The van der Waals surface area contributed by atoms with Crippen molar-refractivity contribution in [2.24, 2.45) is 7.05 Å². The summed E-state index contributed by atoms with van der Waals surface area (Å²) >= 11 is 0. The van der Waals surface area contributed by atoms with E-state index < -0.39 is 0 Å². The van der Waals surface area contributed by atoms with Crippen molar-refractivity contribution in [2.45, 2.75) is 46.1 Å². The molecule has 5 nitrogen and oxygen atoms in total. The van der Waals surface area contributed by atoms with Gasteiger partial charge in [0.2, 0.25) is 5.78 Å². The number of quaternary nitrogens is 1. The largest absolute Gasteiger partial charge is 0.872 e. The number of aromatic nitrogens is 1. The highest BCUT2D eigenvalue weighted by Crippen LogP contribution is 2.38. The number of ketones is 1. The Morgan fingerprint density at radius 3 is 2.50 bits per heavy atom. The van der Waals surface area contributed by atoms with Crippen LogP contribution in [0.2, 0.25) is 0 Å². The lowest BCUT2D eigenvalue weighted by Crippen LogP contribution is -3.10. The van der Waals surface area contributed by atoms with Gasteiger partial charge in [-0.05, 0) is 31.1 Å². The molecule has 1 aliphatic rings. The number of benzene rings is 2. The summed E-state index contributed by atoms with van der Waals surface area (Å²) in [5, 5.41) is 13.8. The zero-order valence-corrected chi connectivity index (χ0v) is 19.2. The number of fused-ring (bicyclic) bond motifs is 2. The molecular weight excluding hydrogens is 400 g/mol. The van der Waals surface area contributed by atoms with E-state index in [9.17, 15) is 9.90 Å². The number of hydrogen-bond donors (Lipinski definition) is 1. The number of allylic oxidation sites excluding steroid dienone is 1. The second-order valence-electron chi connectivity index (χ2n) is 8.71. The van der Waals surface area contributed by atoms with Crippen molar-refractivity contribution in [3.8, 4) is 11.5 Å². The molecule has 0 saturated carbocycles. The van der Waals surface area contributed by atoms with Crippen LogP contribution in [0.15, 0.2) is 48.4 Å². The molecule has 0 spiro atoms. The Morgan fingerprint density at radius 2 is 1.78 bits per heavy atom. The number of carbonyl (C=O) groups excluding carboxylic acids is 1. The maximum absolute atomic E-state index is 13.1. The van der Waals surface area contributed by atoms with Gasteiger partial charge in [-0.2, -0.15) is 0 Å². The molecule has 0 bridgehead atoms. The van der Waals surface area contributed by atoms with Crippen molar-refractivity contribution in [2.75, 3.05) is 13.1 Å². The Bertz CT molecular complexity index is 1150. The molecule has 0 aliphatic carbocycles. The van der Waals surface area contributed by atoms with Crippen molar-refractivity contribution >= 4 is 22.8 Å². The first-order chi connectivity index (χ1) is 15.5. The highest BCUT2D eigenvalue weighted by molar-refractivity contribution is 6.15. The second kappa shape index (κ2) is 9.61. The fourth-order valence-corrected chi connectivity index (χ4v) is 4.49. The average Bonchev–Trinajstić information content (AvgIpc) is 3.29. The third kappa shape index (κ3) is 4.30. The fourth-order valence-electron chi connectivity index (χ4n) is 4.49. The molecule has 0 atom stereocenters. The fraction of sp³-hybridized carbons (Fsp3) is 0.370. The van der Waals surface area contributed by atoms with Crippen molar-refractivity contribution < 1.29 is 19.5 Å². The minimum absolute atomic E-state index is 0.0477. The molecule has 5 heteroatoms. The van der Waals surface area contributed by atoms with Gasteiger partial charge in [0.1, 0.15) is 12.3 Å². The summed E-state index contributed by atoms with van der Waals surface area (Å²) in [4.78, 5) is 14.5. The maximum Gasteiger partial charge on any atom is 0.231 e. The van der Waals surface area contributed by atoms with Crippen LogP contribution in [0.5, 0.6) is 11.5 Å². The highest BCUT2D eigenvalue weighted by atomic mass is 16.5. The van der Waals surface area contributed by atoms with Crippen molar-refractivity contribution in [3.05, 3.63) is 65.0 Å². The number of nitrogens with zero attached hydrogens (tertiary/aromatic N) is 1. The quantitative estimate of drug-likeness (QED) is 0.523. The van der Waals surface area contributed by atoms with Gasteiger partial charge in [0, 0.05) is 35.3 Å². The van der Waals surface area contributed by atoms with E-state index >= 15 is 0 Å². The topological polar surface area (TPSA) is 58.7 Å². The number of rotatable bonds is 9. The van der Waals surface area contributed by atoms with Crippen LogP contribution < -0.4 is 14.7 Å². The maximum atomic E-state index is 13.1. The van der Waals surface area contributed by atoms with E-state index in [1.165, 1.54) is 11.0 Å². The van der Waals surface area contributed by atoms with Crippen LogP contribution in [0.1, 0.15) is 61.0 Å². The first kappa shape index (κ1) is 22.2. The summed E-state index contributed by atoms with van der Waals surface area (Å²) < 4.78 is 8.13. The van der Waals surface area contributed by atoms with Crippen LogP contribution in [-0.4, -0.2) is 23.4 Å². The lowest BCUT2D eigenvalue weighted by Gasteiger charge is -2.23. The average molecular weight is 433 g/mol. The Balaban J connectivity index is 1.66. The molecule has 1 N–H and O–H groups in total. The monoisotopic (exact) mass is 432 g/mol. The molecule has 2 aromatic carbocycles. The third-order valence-electron chi connectivity index (χ3n) is 6.31. The van der Waals surface area contributed by atoms with Crippen LogP contribution in [0.25, 0.3) is 17.0 Å². The first-order valence-electron chi connectivity index (χ1n) is 11.7. The Labute approximate surface area is 189 Å². The number of Topliss-reactive ketones (excluding diaryl/α,β-unsaturated/α-hetero) is 1. The van der Waals surface area contributed by atoms with Crippen LogP contribution in [0.3, 0.4) is 0 Å². The lowest BCUT2D eigenvalue weighted by atomic mass is 10.0. The van der Waals surface area contributed by atoms with Gasteiger partial charge in [-0.3, -0.25) is 4.79 Å². The molecule has 1 aromatic heterocycles. The van der Waals surface area contributed by atoms with Gasteiger partial charge in [0.25, 0.3) is 0 Å². The van der Waals surface area contributed by atoms with E-state index in [1.807, 2.05) is 36.0 Å². The van der Waals surface area contributed by atoms with E-state index in [-0.39, 0.29) is 17.3 Å². The molecule has 4 rings (SSSR count). The van der Waals surface area contributed by atoms with Crippen molar-refractivity contribution in [1.29, 1.82) is 0 Å². The van der Waals surface area contributed by atoms with E-state index in [0.29, 0.717) is 23.4 Å². The summed E-state index contributed by atoms with van der Waals surface area (Å²) in [5.41, 5.74) is 3.15. The van der Waals surface area contributed by atoms with Gasteiger partial charge in [0.15, 0.2) is 5.76 Å². The molecule has 0 saturated heterocycles. The molecular formula is C27H32N2O3. The summed E-state index contributed by atoms with van der Waals surface area (Å²) in [5.74, 6) is 0.540. The van der Waals surface area contributed by atoms with Crippen molar-refractivity contribution in [1.82, 2.24) is 4.57 Å². The van der Waals surface area contributed by atoms with Gasteiger partial charge in [-0.1, -0.05) is 56.7 Å². The van der Waals surface area contributed by atoms with Crippen LogP contribution in [-0.2, 0) is 13.6 Å². The summed E-state index contributed by atoms with van der Waals surface area (Å²) in [6, 6.07) is 11.2. The SMILES string of the molecule is CCCC[NH+](CCCC)Cc1c([O-])ccc2c1O/C(=C\c1cn(C)c3ccccc13)C2=O.